The Morgan fingerprint density at radius 2 is 2.14 bits per heavy atom. The molecule has 1 heterocycles. The van der Waals surface area contributed by atoms with E-state index in [1.165, 1.54) is 6.07 Å². The molecule has 1 aliphatic carbocycles. The number of halogens is 1. The molecule has 0 radical (unpaired) electrons. The van der Waals surface area contributed by atoms with Crippen molar-refractivity contribution < 1.29 is 9.34 Å². The Morgan fingerprint density at radius 1 is 1.33 bits per heavy atom. The molecule has 0 N–H and O–H groups in total. The van der Waals surface area contributed by atoms with Crippen molar-refractivity contribution in [2.75, 3.05) is 0 Å². The Hall–Kier alpha value is -1.85. The van der Waals surface area contributed by atoms with Crippen LogP contribution in [-0.2, 0) is 13.1 Å². The van der Waals surface area contributed by atoms with Gasteiger partial charge in [0.05, 0.1) is 17.7 Å². The van der Waals surface area contributed by atoms with E-state index in [1.54, 1.807) is 18.4 Å². The molecule has 0 spiro atoms. The number of rotatable bonds is 6. The fraction of sp³-hybridized carbons (Fsp3) is 0.333. The number of hydrogen-bond donors (Lipinski definition) is 0. The van der Waals surface area contributed by atoms with Crippen LogP contribution in [0.3, 0.4) is 0 Å². The summed E-state index contributed by atoms with van der Waals surface area (Å²) in [5.41, 5.74) is 0.854. The minimum absolute atomic E-state index is 0.0724. The van der Waals surface area contributed by atoms with Crippen molar-refractivity contribution in [2.24, 2.45) is 0 Å². The van der Waals surface area contributed by atoms with Crippen LogP contribution in [0.5, 0.6) is 0 Å². The van der Waals surface area contributed by atoms with Crippen LogP contribution in [0.2, 0.25) is 5.02 Å². The number of non-ortho nitro benzene ring substituents is 1. The number of nitro benzene ring substituents is 1. The van der Waals surface area contributed by atoms with Crippen LogP contribution in [-0.4, -0.2) is 15.9 Å². The summed E-state index contributed by atoms with van der Waals surface area (Å²) in [6.07, 6.45) is 3.95. The van der Waals surface area contributed by atoms with Crippen molar-refractivity contribution in [1.29, 1.82) is 0 Å². The quantitative estimate of drug-likeness (QED) is 0.597. The van der Waals surface area contributed by atoms with Gasteiger partial charge in [0.25, 0.3) is 5.69 Å². The van der Waals surface area contributed by atoms with Crippen LogP contribution in [0, 0.1) is 10.1 Å². The molecule has 1 aliphatic rings. The van der Waals surface area contributed by atoms with E-state index in [-0.39, 0.29) is 5.69 Å². The standard InChI is InChI=1S/C15H15ClN2O3/c16-15-6-5-13(18(19)20)8-11(15)9-17(12-3-4-12)10-14-2-1-7-21-14/h1-2,5-8,12H,3-4,9-10H2. The number of nitro groups is 1. The fourth-order valence-electron chi connectivity index (χ4n) is 2.37. The van der Waals surface area contributed by atoms with Gasteiger partial charge in [-0.15, -0.1) is 0 Å². The Balaban J connectivity index is 1.79. The van der Waals surface area contributed by atoms with Crippen LogP contribution >= 0.6 is 11.6 Å². The second-order valence-electron chi connectivity index (χ2n) is 5.25. The van der Waals surface area contributed by atoms with Crippen LogP contribution in [0.25, 0.3) is 0 Å². The predicted molar refractivity (Wildman–Crippen MR) is 79.1 cm³/mol. The molecule has 0 saturated heterocycles. The van der Waals surface area contributed by atoms with Gasteiger partial charge in [0, 0.05) is 29.7 Å². The maximum absolute atomic E-state index is 10.9. The van der Waals surface area contributed by atoms with Crippen molar-refractivity contribution in [3.8, 4) is 0 Å². The van der Waals surface area contributed by atoms with E-state index in [0.717, 1.165) is 24.2 Å². The third-order valence-corrected chi connectivity index (χ3v) is 3.98. The Bertz CT molecular complexity index is 638. The Morgan fingerprint density at radius 3 is 2.76 bits per heavy atom. The fourth-order valence-corrected chi connectivity index (χ4v) is 2.55. The second kappa shape index (κ2) is 5.87. The maximum Gasteiger partial charge on any atom is 0.269 e. The van der Waals surface area contributed by atoms with Crippen LogP contribution in [0.15, 0.2) is 41.0 Å². The van der Waals surface area contributed by atoms with Gasteiger partial charge in [0.1, 0.15) is 5.76 Å². The van der Waals surface area contributed by atoms with Gasteiger partial charge < -0.3 is 4.42 Å². The molecule has 0 atom stereocenters. The van der Waals surface area contributed by atoms with E-state index in [9.17, 15) is 10.1 Å². The zero-order valence-corrected chi connectivity index (χ0v) is 12.1. The zero-order valence-electron chi connectivity index (χ0n) is 11.4. The van der Waals surface area contributed by atoms with Crippen molar-refractivity contribution in [1.82, 2.24) is 4.90 Å². The van der Waals surface area contributed by atoms with E-state index < -0.39 is 4.92 Å². The SMILES string of the molecule is O=[N+]([O-])c1ccc(Cl)c(CN(Cc2ccco2)C2CC2)c1. The molecule has 0 bridgehead atoms. The average Bonchev–Trinajstić information content (AvgIpc) is 3.18. The molecule has 21 heavy (non-hydrogen) atoms. The first-order valence-corrected chi connectivity index (χ1v) is 7.20. The first-order chi connectivity index (χ1) is 10.1. The monoisotopic (exact) mass is 306 g/mol. The summed E-state index contributed by atoms with van der Waals surface area (Å²) in [5, 5.41) is 11.4. The summed E-state index contributed by atoms with van der Waals surface area (Å²) in [6, 6.07) is 8.88. The molecular weight excluding hydrogens is 292 g/mol. The molecule has 0 unspecified atom stereocenters. The van der Waals surface area contributed by atoms with Crippen LogP contribution < -0.4 is 0 Å². The molecule has 1 saturated carbocycles. The normalized spacial score (nSPS) is 14.6. The molecule has 0 aliphatic heterocycles. The number of furan rings is 1. The minimum atomic E-state index is -0.395. The number of hydrogen-bond acceptors (Lipinski definition) is 4. The van der Waals surface area contributed by atoms with Crippen molar-refractivity contribution >= 4 is 17.3 Å². The lowest BCUT2D eigenvalue weighted by Gasteiger charge is -2.21. The maximum atomic E-state index is 10.9. The van der Waals surface area contributed by atoms with Gasteiger partial charge in [-0.2, -0.15) is 0 Å². The summed E-state index contributed by atoms with van der Waals surface area (Å²) < 4.78 is 5.39. The number of benzene rings is 1. The van der Waals surface area contributed by atoms with Crippen molar-refractivity contribution in [3.05, 3.63) is 63.1 Å². The molecular formula is C15H15ClN2O3. The molecule has 6 heteroatoms. The lowest BCUT2D eigenvalue weighted by atomic mass is 10.2. The first-order valence-electron chi connectivity index (χ1n) is 6.83. The smallest absolute Gasteiger partial charge is 0.269 e. The largest absolute Gasteiger partial charge is 0.468 e. The molecule has 2 aromatic rings. The summed E-state index contributed by atoms with van der Waals surface area (Å²) >= 11 is 6.18. The van der Waals surface area contributed by atoms with E-state index >= 15 is 0 Å². The topological polar surface area (TPSA) is 59.5 Å². The van der Waals surface area contributed by atoms with Gasteiger partial charge in [-0.1, -0.05) is 11.6 Å². The molecule has 1 fully saturated rings. The first kappa shape index (κ1) is 14.1. The highest BCUT2D eigenvalue weighted by Crippen LogP contribution is 2.32. The van der Waals surface area contributed by atoms with Crippen molar-refractivity contribution in [2.45, 2.75) is 32.0 Å². The van der Waals surface area contributed by atoms with Crippen molar-refractivity contribution in [3.63, 3.8) is 0 Å². The van der Waals surface area contributed by atoms with E-state index in [0.29, 0.717) is 24.2 Å². The van der Waals surface area contributed by atoms with E-state index in [2.05, 4.69) is 4.90 Å². The summed E-state index contributed by atoms with van der Waals surface area (Å²) in [6.45, 7) is 1.28. The summed E-state index contributed by atoms with van der Waals surface area (Å²) in [7, 11) is 0. The second-order valence-corrected chi connectivity index (χ2v) is 5.66. The highest BCUT2D eigenvalue weighted by molar-refractivity contribution is 6.31. The lowest BCUT2D eigenvalue weighted by Crippen LogP contribution is -2.25. The molecule has 1 aromatic heterocycles. The van der Waals surface area contributed by atoms with E-state index in [4.69, 9.17) is 16.0 Å². The third kappa shape index (κ3) is 3.43. The van der Waals surface area contributed by atoms with Crippen LogP contribution in [0.4, 0.5) is 5.69 Å². The highest BCUT2D eigenvalue weighted by atomic mass is 35.5. The molecule has 5 nitrogen and oxygen atoms in total. The number of nitrogens with zero attached hydrogens (tertiary/aromatic N) is 2. The van der Waals surface area contributed by atoms with Gasteiger partial charge >= 0.3 is 0 Å². The van der Waals surface area contributed by atoms with Gasteiger partial charge in [-0.25, -0.2) is 0 Å². The van der Waals surface area contributed by atoms with Crippen LogP contribution in [0.1, 0.15) is 24.2 Å². The van der Waals surface area contributed by atoms with E-state index in [1.807, 2.05) is 12.1 Å². The van der Waals surface area contributed by atoms with Gasteiger partial charge in [-0.3, -0.25) is 15.0 Å². The van der Waals surface area contributed by atoms with Gasteiger partial charge in [-0.05, 0) is 36.6 Å². The summed E-state index contributed by atoms with van der Waals surface area (Å²) in [4.78, 5) is 12.7. The van der Waals surface area contributed by atoms with Gasteiger partial charge in [0.2, 0.25) is 0 Å². The lowest BCUT2D eigenvalue weighted by molar-refractivity contribution is -0.384. The zero-order chi connectivity index (χ0) is 14.8. The average molecular weight is 307 g/mol. The Kier molecular flexibility index (Phi) is 3.94. The molecule has 3 rings (SSSR count). The molecule has 0 amide bonds. The molecule has 1 aromatic carbocycles. The Labute approximate surface area is 127 Å². The predicted octanol–water partition coefficient (Wildman–Crippen LogP) is 4.01. The third-order valence-electron chi connectivity index (χ3n) is 3.62. The van der Waals surface area contributed by atoms with Gasteiger partial charge in [0.15, 0.2) is 0 Å². The highest BCUT2D eigenvalue weighted by Gasteiger charge is 2.30. The molecule has 110 valence electrons. The minimum Gasteiger partial charge on any atom is -0.468 e. The summed E-state index contributed by atoms with van der Waals surface area (Å²) in [5.74, 6) is 0.892.